The van der Waals surface area contributed by atoms with Gasteiger partial charge in [-0.05, 0) is 33.6 Å². The van der Waals surface area contributed by atoms with Crippen molar-refractivity contribution >= 4 is 27.5 Å². The third kappa shape index (κ3) is 2.57. The molecule has 1 atom stereocenters. The lowest BCUT2D eigenvalue weighted by molar-refractivity contribution is 0.560. The molecule has 0 spiro atoms. The molecule has 0 aliphatic rings. The Morgan fingerprint density at radius 1 is 1.11 bits per heavy atom. The lowest BCUT2D eigenvalue weighted by Crippen LogP contribution is -2.29. The second-order valence-corrected chi connectivity index (χ2v) is 5.00. The third-order valence-corrected chi connectivity index (χ3v) is 3.99. The van der Waals surface area contributed by atoms with Crippen LogP contribution in [0.5, 0.6) is 0 Å². The first-order valence-electron chi connectivity index (χ1n) is 5.29. The van der Waals surface area contributed by atoms with Crippen molar-refractivity contribution < 1.29 is 4.39 Å². The van der Waals surface area contributed by atoms with E-state index in [4.69, 9.17) is 17.4 Å². The smallest absolute Gasteiger partial charge is 0.128 e. The van der Waals surface area contributed by atoms with E-state index in [1.165, 1.54) is 6.07 Å². The summed E-state index contributed by atoms with van der Waals surface area (Å²) in [6.45, 7) is 0. The van der Waals surface area contributed by atoms with Crippen LogP contribution < -0.4 is 11.3 Å². The van der Waals surface area contributed by atoms with Crippen molar-refractivity contribution in [1.82, 2.24) is 5.43 Å². The number of hydrazine groups is 1. The van der Waals surface area contributed by atoms with Crippen molar-refractivity contribution in [2.75, 3.05) is 0 Å². The number of benzene rings is 2. The van der Waals surface area contributed by atoms with E-state index in [2.05, 4.69) is 21.4 Å². The molecule has 2 rings (SSSR count). The van der Waals surface area contributed by atoms with E-state index < -0.39 is 6.04 Å². The first-order valence-corrected chi connectivity index (χ1v) is 6.46. The Balaban J connectivity index is 2.53. The second-order valence-electron chi connectivity index (χ2n) is 3.76. The standard InChI is InChI=1S/C13H11BrClFN2/c14-10-6-3-5-9(12(10)15)13(18-17)8-4-1-2-7-11(8)16/h1-7,13,18H,17H2. The van der Waals surface area contributed by atoms with Crippen LogP contribution in [0, 0.1) is 5.82 Å². The molecule has 0 saturated carbocycles. The summed E-state index contributed by atoms with van der Waals surface area (Å²) in [4.78, 5) is 0. The van der Waals surface area contributed by atoms with Gasteiger partial charge in [0.2, 0.25) is 0 Å². The van der Waals surface area contributed by atoms with Crippen LogP contribution in [-0.4, -0.2) is 0 Å². The molecule has 0 radical (unpaired) electrons. The summed E-state index contributed by atoms with van der Waals surface area (Å²) < 4.78 is 14.5. The largest absolute Gasteiger partial charge is 0.271 e. The Morgan fingerprint density at radius 3 is 2.44 bits per heavy atom. The zero-order valence-electron chi connectivity index (χ0n) is 9.33. The molecule has 0 amide bonds. The predicted molar refractivity (Wildman–Crippen MR) is 74.7 cm³/mol. The van der Waals surface area contributed by atoms with Crippen LogP contribution in [0.1, 0.15) is 17.2 Å². The normalized spacial score (nSPS) is 12.4. The molecule has 3 N–H and O–H groups in total. The molecule has 0 bridgehead atoms. The van der Waals surface area contributed by atoms with Crippen molar-refractivity contribution in [3.05, 3.63) is 68.9 Å². The SMILES string of the molecule is NNC(c1ccccc1F)c1cccc(Br)c1Cl. The highest BCUT2D eigenvalue weighted by atomic mass is 79.9. The average Bonchev–Trinajstić information content (AvgIpc) is 2.37. The van der Waals surface area contributed by atoms with Crippen LogP contribution in [0.3, 0.4) is 0 Å². The minimum Gasteiger partial charge on any atom is -0.271 e. The third-order valence-electron chi connectivity index (χ3n) is 2.68. The molecule has 0 fully saturated rings. The summed E-state index contributed by atoms with van der Waals surface area (Å²) >= 11 is 9.54. The fraction of sp³-hybridized carbons (Fsp3) is 0.0769. The molecule has 1 unspecified atom stereocenters. The summed E-state index contributed by atoms with van der Waals surface area (Å²) in [5.74, 6) is 5.21. The summed E-state index contributed by atoms with van der Waals surface area (Å²) in [6, 6.07) is 11.4. The Labute approximate surface area is 118 Å². The monoisotopic (exact) mass is 328 g/mol. The van der Waals surface area contributed by atoms with Gasteiger partial charge in [-0.1, -0.05) is 41.9 Å². The maximum Gasteiger partial charge on any atom is 0.128 e. The van der Waals surface area contributed by atoms with Crippen molar-refractivity contribution in [2.24, 2.45) is 5.84 Å². The molecular weight excluding hydrogens is 319 g/mol. The highest BCUT2D eigenvalue weighted by molar-refractivity contribution is 9.10. The predicted octanol–water partition coefficient (Wildman–Crippen LogP) is 3.79. The van der Waals surface area contributed by atoms with Crippen LogP contribution in [0.4, 0.5) is 4.39 Å². The lowest BCUT2D eigenvalue weighted by Gasteiger charge is -2.19. The number of nitrogens with one attached hydrogen (secondary N) is 1. The molecule has 94 valence electrons. The molecule has 5 heteroatoms. The molecule has 0 aliphatic heterocycles. The van der Waals surface area contributed by atoms with Gasteiger partial charge in [0.1, 0.15) is 5.82 Å². The van der Waals surface area contributed by atoms with Crippen LogP contribution in [0.25, 0.3) is 0 Å². The maximum atomic E-state index is 13.8. The number of hydrogen-bond donors (Lipinski definition) is 2. The van der Waals surface area contributed by atoms with E-state index in [0.29, 0.717) is 10.6 Å². The van der Waals surface area contributed by atoms with Gasteiger partial charge in [0.05, 0.1) is 11.1 Å². The zero-order valence-corrected chi connectivity index (χ0v) is 11.7. The summed E-state index contributed by atoms with van der Waals surface area (Å²) in [5, 5.41) is 0.517. The molecule has 0 aliphatic carbocycles. The number of rotatable bonds is 3. The molecule has 0 saturated heterocycles. The van der Waals surface area contributed by atoms with Gasteiger partial charge >= 0.3 is 0 Å². The Bertz CT molecular complexity index is 562. The first-order chi connectivity index (χ1) is 8.65. The topological polar surface area (TPSA) is 38.0 Å². The van der Waals surface area contributed by atoms with Crippen LogP contribution >= 0.6 is 27.5 Å². The average molecular weight is 330 g/mol. The zero-order chi connectivity index (χ0) is 13.1. The highest BCUT2D eigenvalue weighted by Gasteiger charge is 2.19. The van der Waals surface area contributed by atoms with Crippen molar-refractivity contribution in [1.29, 1.82) is 0 Å². The van der Waals surface area contributed by atoms with E-state index >= 15 is 0 Å². The quantitative estimate of drug-likeness (QED) is 0.664. The molecule has 0 heterocycles. The van der Waals surface area contributed by atoms with Gasteiger partial charge in [0.25, 0.3) is 0 Å². The summed E-state index contributed by atoms with van der Waals surface area (Å²) in [5.41, 5.74) is 3.78. The molecular formula is C13H11BrClFN2. The minimum absolute atomic E-state index is 0.323. The van der Waals surface area contributed by atoms with Crippen LogP contribution in [0.2, 0.25) is 5.02 Å². The van der Waals surface area contributed by atoms with E-state index in [0.717, 1.165) is 10.0 Å². The molecule has 18 heavy (non-hydrogen) atoms. The first kappa shape index (κ1) is 13.5. The van der Waals surface area contributed by atoms with E-state index in [9.17, 15) is 4.39 Å². The Morgan fingerprint density at radius 2 is 1.78 bits per heavy atom. The highest BCUT2D eigenvalue weighted by Crippen LogP contribution is 2.33. The molecule has 2 aromatic carbocycles. The van der Waals surface area contributed by atoms with Gasteiger partial charge in [-0.2, -0.15) is 0 Å². The van der Waals surface area contributed by atoms with Crippen LogP contribution in [0.15, 0.2) is 46.9 Å². The van der Waals surface area contributed by atoms with Gasteiger partial charge in [0.15, 0.2) is 0 Å². The van der Waals surface area contributed by atoms with Gasteiger partial charge in [0, 0.05) is 10.0 Å². The summed E-state index contributed by atoms with van der Waals surface area (Å²) in [7, 11) is 0. The summed E-state index contributed by atoms with van der Waals surface area (Å²) in [6.07, 6.45) is 0. The molecule has 2 nitrogen and oxygen atoms in total. The van der Waals surface area contributed by atoms with Crippen LogP contribution in [-0.2, 0) is 0 Å². The van der Waals surface area contributed by atoms with Crippen molar-refractivity contribution in [2.45, 2.75) is 6.04 Å². The Kier molecular flexibility index (Phi) is 4.35. The molecule has 0 aromatic heterocycles. The number of nitrogens with two attached hydrogens (primary N) is 1. The minimum atomic E-state index is -0.490. The lowest BCUT2D eigenvalue weighted by atomic mass is 9.99. The van der Waals surface area contributed by atoms with Gasteiger partial charge in [-0.25, -0.2) is 9.82 Å². The van der Waals surface area contributed by atoms with E-state index in [1.54, 1.807) is 18.2 Å². The second kappa shape index (κ2) is 5.80. The fourth-order valence-corrected chi connectivity index (χ4v) is 2.42. The van der Waals surface area contributed by atoms with Crippen molar-refractivity contribution in [3.63, 3.8) is 0 Å². The van der Waals surface area contributed by atoms with E-state index in [1.807, 2.05) is 18.2 Å². The Hall–Kier alpha value is -0.940. The van der Waals surface area contributed by atoms with E-state index in [-0.39, 0.29) is 5.82 Å². The maximum absolute atomic E-state index is 13.8. The van der Waals surface area contributed by atoms with Gasteiger partial charge < -0.3 is 0 Å². The number of hydrogen-bond acceptors (Lipinski definition) is 2. The molecule has 2 aromatic rings. The van der Waals surface area contributed by atoms with Gasteiger partial charge in [-0.15, -0.1) is 0 Å². The van der Waals surface area contributed by atoms with Gasteiger partial charge in [-0.3, -0.25) is 5.84 Å². The number of halogens is 3. The fourth-order valence-electron chi connectivity index (χ4n) is 1.80. The van der Waals surface area contributed by atoms with Crippen molar-refractivity contribution in [3.8, 4) is 0 Å².